The van der Waals surface area contributed by atoms with E-state index in [0.717, 1.165) is 27.6 Å². The van der Waals surface area contributed by atoms with Crippen LogP contribution in [-0.2, 0) is 7.05 Å². The fraction of sp³-hybridized carbons (Fsp3) is 0.188. The van der Waals surface area contributed by atoms with Crippen LogP contribution in [0.1, 0.15) is 21.2 Å². The second-order valence-electron chi connectivity index (χ2n) is 5.08. The van der Waals surface area contributed by atoms with Crippen LogP contribution in [0.25, 0.3) is 11.3 Å². The smallest absolute Gasteiger partial charge is 0.273 e. The molecule has 0 aliphatic rings. The number of anilines is 1. The van der Waals surface area contributed by atoms with Gasteiger partial charge < -0.3 is 5.32 Å². The first-order chi connectivity index (χ1) is 10.5. The number of carbonyl (C=O) groups is 1. The first kappa shape index (κ1) is 14.5. The number of rotatable bonds is 3. The van der Waals surface area contributed by atoms with E-state index in [2.05, 4.69) is 15.4 Å². The van der Waals surface area contributed by atoms with Crippen LogP contribution in [0.3, 0.4) is 0 Å². The number of hydrogen-bond donors (Lipinski definition) is 1. The van der Waals surface area contributed by atoms with Crippen molar-refractivity contribution in [2.45, 2.75) is 13.8 Å². The molecule has 1 aromatic carbocycles. The molecule has 0 saturated carbocycles. The number of aromatic nitrogens is 3. The minimum atomic E-state index is -0.172. The van der Waals surface area contributed by atoms with Gasteiger partial charge in [0.2, 0.25) is 0 Å². The number of carbonyl (C=O) groups excluding carboxylic acids is 1. The zero-order chi connectivity index (χ0) is 15.7. The normalized spacial score (nSPS) is 10.7. The Hall–Kier alpha value is -2.47. The fourth-order valence-electron chi connectivity index (χ4n) is 2.27. The number of nitrogens with one attached hydrogen (secondary N) is 1. The third-order valence-corrected chi connectivity index (χ3v) is 4.04. The van der Waals surface area contributed by atoms with Crippen molar-refractivity contribution in [2.75, 3.05) is 5.32 Å². The monoisotopic (exact) mass is 312 g/mol. The largest absolute Gasteiger partial charge is 0.321 e. The lowest BCUT2D eigenvalue weighted by molar-refractivity contribution is 0.101. The van der Waals surface area contributed by atoms with Crippen LogP contribution in [-0.4, -0.2) is 20.7 Å². The Morgan fingerprint density at radius 2 is 2.09 bits per heavy atom. The van der Waals surface area contributed by atoms with Gasteiger partial charge in [-0.1, -0.05) is 12.1 Å². The van der Waals surface area contributed by atoms with Gasteiger partial charge in [-0.15, -0.1) is 11.3 Å². The minimum Gasteiger partial charge on any atom is -0.321 e. The van der Waals surface area contributed by atoms with Gasteiger partial charge in [-0.3, -0.25) is 9.48 Å². The van der Waals surface area contributed by atoms with Crippen LogP contribution < -0.4 is 5.32 Å². The van der Waals surface area contributed by atoms with Crippen LogP contribution in [0.2, 0.25) is 0 Å². The van der Waals surface area contributed by atoms with Crippen LogP contribution in [0.4, 0.5) is 5.69 Å². The Kier molecular flexibility index (Phi) is 3.77. The van der Waals surface area contributed by atoms with Gasteiger partial charge in [0.05, 0.1) is 16.4 Å². The van der Waals surface area contributed by atoms with Crippen molar-refractivity contribution in [3.8, 4) is 11.3 Å². The second-order valence-corrected chi connectivity index (χ2v) is 6.14. The van der Waals surface area contributed by atoms with Crippen LogP contribution in [0, 0.1) is 13.8 Å². The summed E-state index contributed by atoms with van der Waals surface area (Å²) in [5.41, 5.74) is 4.01. The van der Waals surface area contributed by atoms with Crippen molar-refractivity contribution in [3.63, 3.8) is 0 Å². The molecular weight excluding hydrogens is 296 g/mol. The Labute approximate surface area is 132 Å². The average molecular weight is 312 g/mol. The van der Waals surface area contributed by atoms with E-state index in [0.29, 0.717) is 5.69 Å². The third kappa shape index (κ3) is 2.92. The van der Waals surface area contributed by atoms with Crippen molar-refractivity contribution in [3.05, 3.63) is 52.1 Å². The van der Waals surface area contributed by atoms with Crippen molar-refractivity contribution < 1.29 is 4.79 Å². The third-order valence-electron chi connectivity index (χ3n) is 3.27. The van der Waals surface area contributed by atoms with Crippen molar-refractivity contribution in [1.29, 1.82) is 0 Å². The molecule has 3 rings (SSSR count). The highest BCUT2D eigenvalue weighted by Gasteiger charge is 2.12. The molecule has 2 aromatic heterocycles. The quantitative estimate of drug-likeness (QED) is 0.806. The molecule has 112 valence electrons. The fourth-order valence-corrected chi connectivity index (χ4v) is 2.89. The molecular formula is C16H16N4OS. The minimum absolute atomic E-state index is 0.172. The lowest BCUT2D eigenvalue weighted by Gasteiger charge is -2.06. The Morgan fingerprint density at radius 1 is 1.27 bits per heavy atom. The SMILES string of the molecule is Cc1cc(C(=O)Nc2cccc(-c3csc(C)n3)c2)n(C)n1. The highest BCUT2D eigenvalue weighted by molar-refractivity contribution is 7.09. The lowest BCUT2D eigenvalue weighted by atomic mass is 10.1. The Balaban J connectivity index is 1.84. The molecule has 2 heterocycles. The summed E-state index contributed by atoms with van der Waals surface area (Å²) in [4.78, 5) is 16.8. The molecule has 0 bridgehead atoms. The predicted octanol–water partition coefficient (Wildman–Crippen LogP) is 3.41. The van der Waals surface area contributed by atoms with Gasteiger partial charge in [-0.2, -0.15) is 5.10 Å². The Morgan fingerprint density at radius 3 is 2.73 bits per heavy atom. The molecule has 0 aliphatic carbocycles. The van der Waals surface area contributed by atoms with Gasteiger partial charge in [-0.05, 0) is 32.0 Å². The summed E-state index contributed by atoms with van der Waals surface area (Å²) in [6.07, 6.45) is 0. The number of aryl methyl sites for hydroxylation is 3. The molecule has 5 nitrogen and oxygen atoms in total. The number of benzene rings is 1. The van der Waals surface area contributed by atoms with E-state index in [1.165, 1.54) is 0 Å². The maximum absolute atomic E-state index is 12.3. The van der Waals surface area contributed by atoms with E-state index in [-0.39, 0.29) is 5.91 Å². The molecule has 0 saturated heterocycles. The molecule has 1 amide bonds. The van der Waals surface area contributed by atoms with E-state index < -0.39 is 0 Å². The summed E-state index contributed by atoms with van der Waals surface area (Å²) in [6, 6.07) is 9.45. The lowest BCUT2D eigenvalue weighted by Crippen LogP contribution is -2.16. The first-order valence-electron chi connectivity index (χ1n) is 6.87. The molecule has 0 fully saturated rings. The molecule has 0 atom stereocenters. The van der Waals surface area contributed by atoms with Crippen LogP contribution in [0.5, 0.6) is 0 Å². The topological polar surface area (TPSA) is 59.8 Å². The van der Waals surface area contributed by atoms with Gasteiger partial charge >= 0.3 is 0 Å². The van der Waals surface area contributed by atoms with E-state index in [1.807, 2.05) is 43.5 Å². The van der Waals surface area contributed by atoms with Gasteiger partial charge in [0.15, 0.2) is 0 Å². The Bertz CT molecular complexity index is 834. The highest BCUT2D eigenvalue weighted by atomic mass is 32.1. The zero-order valence-corrected chi connectivity index (χ0v) is 13.4. The summed E-state index contributed by atoms with van der Waals surface area (Å²) in [7, 11) is 1.76. The van der Waals surface area contributed by atoms with E-state index in [1.54, 1.807) is 29.1 Å². The van der Waals surface area contributed by atoms with Gasteiger partial charge in [0.25, 0.3) is 5.91 Å². The summed E-state index contributed by atoms with van der Waals surface area (Å²) >= 11 is 1.61. The molecule has 0 radical (unpaired) electrons. The van der Waals surface area contributed by atoms with Gasteiger partial charge in [-0.25, -0.2) is 4.98 Å². The molecule has 22 heavy (non-hydrogen) atoms. The molecule has 0 unspecified atom stereocenters. The standard InChI is InChI=1S/C16H16N4OS/c1-10-7-15(20(3)19-10)16(21)18-13-6-4-5-12(8-13)14-9-22-11(2)17-14/h4-9H,1-3H3,(H,18,21). The van der Waals surface area contributed by atoms with Crippen molar-refractivity contribution in [2.24, 2.45) is 7.05 Å². The van der Waals surface area contributed by atoms with Crippen molar-refractivity contribution in [1.82, 2.24) is 14.8 Å². The molecule has 0 spiro atoms. The second kappa shape index (κ2) is 5.73. The molecule has 1 N–H and O–H groups in total. The van der Waals surface area contributed by atoms with Crippen molar-refractivity contribution >= 4 is 22.9 Å². The average Bonchev–Trinajstić information content (AvgIpc) is 3.05. The molecule has 3 aromatic rings. The maximum atomic E-state index is 12.3. The number of amides is 1. The van der Waals surface area contributed by atoms with Crippen LogP contribution >= 0.6 is 11.3 Å². The van der Waals surface area contributed by atoms with Crippen LogP contribution in [0.15, 0.2) is 35.7 Å². The van der Waals surface area contributed by atoms with E-state index in [9.17, 15) is 4.79 Å². The number of thiazole rings is 1. The van der Waals surface area contributed by atoms with Gasteiger partial charge in [0, 0.05) is 23.7 Å². The number of hydrogen-bond acceptors (Lipinski definition) is 4. The van der Waals surface area contributed by atoms with E-state index in [4.69, 9.17) is 0 Å². The highest BCUT2D eigenvalue weighted by Crippen LogP contribution is 2.24. The van der Waals surface area contributed by atoms with Gasteiger partial charge in [0.1, 0.15) is 5.69 Å². The van der Waals surface area contributed by atoms with E-state index >= 15 is 0 Å². The summed E-state index contributed by atoms with van der Waals surface area (Å²) in [5.74, 6) is -0.172. The zero-order valence-electron chi connectivity index (χ0n) is 12.6. The maximum Gasteiger partial charge on any atom is 0.273 e. The number of nitrogens with zero attached hydrogens (tertiary/aromatic N) is 3. The molecule has 6 heteroatoms. The summed E-state index contributed by atoms with van der Waals surface area (Å²) < 4.78 is 1.58. The molecule has 0 aliphatic heterocycles. The summed E-state index contributed by atoms with van der Waals surface area (Å²) in [6.45, 7) is 3.84. The predicted molar refractivity (Wildman–Crippen MR) is 88.2 cm³/mol. The first-order valence-corrected chi connectivity index (χ1v) is 7.75. The summed E-state index contributed by atoms with van der Waals surface area (Å²) in [5, 5.41) is 10.1.